The maximum atomic E-state index is 12.6. The number of ether oxygens (including phenoxy) is 1. The molecule has 5 rings (SSSR count). The van der Waals surface area contributed by atoms with Crippen LogP contribution in [-0.4, -0.2) is 34.8 Å². The van der Waals surface area contributed by atoms with Gasteiger partial charge >= 0.3 is 12.1 Å². The average molecular weight is 440 g/mol. The zero-order chi connectivity index (χ0) is 22.9. The minimum absolute atomic E-state index is 0.0812. The van der Waals surface area contributed by atoms with E-state index in [4.69, 9.17) is 4.74 Å². The Kier molecular flexibility index (Phi) is 5.34. The van der Waals surface area contributed by atoms with E-state index in [9.17, 15) is 14.7 Å². The molecule has 3 aromatic carbocycles. The Bertz CT molecular complexity index is 1310. The van der Waals surface area contributed by atoms with Crippen molar-refractivity contribution in [1.29, 1.82) is 0 Å². The van der Waals surface area contributed by atoms with E-state index < -0.39 is 18.1 Å². The SMILES string of the molecule is Cc1[nH]c2ccccc2c1C[C@@H](NC(=O)OCC1c2ccccc2-c2ccccc21)C(=O)O. The topological polar surface area (TPSA) is 91.4 Å². The molecule has 4 aromatic rings. The van der Waals surface area contributed by atoms with Crippen LogP contribution in [0.25, 0.3) is 22.0 Å². The van der Waals surface area contributed by atoms with E-state index >= 15 is 0 Å². The predicted octanol–water partition coefficient (Wildman–Crippen LogP) is 5.01. The highest BCUT2D eigenvalue weighted by atomic mass is 16.5. The number of aromatic nitrogens is 1. The number of rotatable bonds is 6. The molecule has 0 radical (unpaired) electrons. The number of hydrogen-bond donors (Lipinski definition) is 3. The Hall–Kier alpha value is -4.06. The number of hydrogen-bond acceptors (Lipinski definition) is 3. The van der Waals surface area contributed by atoms with Crippen LogP contribution in [0.15, 0.2) is 72.8 Å². The molecule has 0 unspecified atom stereocenters. The van der Waals surface area contributed by atoms with E-state index in [2.05, 4.69) is 22.4 Å². The lowest BCUT2D eigenvalue weighted by Crippen LogP contribution is -2.43. The second kappa shape index (κ2) is 8.47. The van der Waals surface area contributed by atoms with Crippen molar-refractivity contribution >= 4 is 23.0 Å². The van der Waals surface area contributed by atoms with Crippen LogP contribution >= 0.6 is 0 Å². The smallest absolute Gasteiger partial charge is 0.407 e. The first-order valence-corrected chi connectivity index (χ1v) is 10.9. The number of carbonyl (C=O) groups excluding carboxylic acids is 1. The van der Waals surface area contributed by atoms with Crippen molar-refractivity contribution in [2.45, 2.75) is 25.3 Å². The van der Waals surface area contributed by atoms with Crippen molar-refractivity contribution in [3.8, 4) is 11.1 Å². The first-order chi connectivity index (χ1) is 16.0. The summed E-state index contributed by atoms with van der Waals surface area (Å²) in [5.74, 6) is -1.18. The second-order valence-corrected chi connectivity index (χ2v) is 8.34. The number of carbonyl (C=O) groups is 2. The summed E-state index contributed by atoms with van der Waals surface area (Å²) in [5, 5.41) is 13.2. The number of aromatic amines is 1. The van der Waals surface area contributed by atoms with Crippen molar-refractivity contribution in [3.05, 3.63) is 95.2 Å². The Morgan fingerprint density at radius 1 is 0.970 bits per heavy atom. The molecule has 6 nitrogen and oxygen atoms in total. The van der Waals surface area contributed by atoms with Gasteiger partial charge in [-0.05, 0) is 40.8 Å². The lowest BCUT2D eigenvalue weighted by atomic mass is 9.98. The number of carboxylic acids is 1. The summed E-state index contributed by atoms with van der Waals surface area (Å²) in [4.78, 5) is 27.8. The van der Waals surface area contributed by atoms with Gasteiger partial charge in [0.1, 0.15) is 12.6 Å². The molecular formula is C27H24N2O4. The minimum atomic E-state index is -1.10. The number of alkyl carbamates (subject to hydrolysis) is 1. The van der Waals surface area contributed by atoms with E-state index in [1.54, 1.807) is 0 Å². The van der Waals surface area contributed by atoms with Gasteiger partial charge in [-0.25, -0.2) is 9.59 Å². The standard InChI is InChI=1S/C27H24N2O4/c1-16-22(21-12-6-7-13-24(21)28-16)14-25(26(30)31)29-27(32)33-15-23-19-10-4-2-8-17(19)18-9-3-5-11-20(18)23/h2-13,23,25,28H,14-15H2,1H3,(H,29,32)(H,30,31)/t25-/m1/s1. The largest absolute Gasteiger partial charge is 0.480 e. The van der Waals surface area contributed by atoms with Gasteiger partial charge in [-0.2, -0.15) is 0 Å². The summed E-state index contributed by atoms with van der Waals surface area (Å²) >= 11 is 0. The first-order valence-electron chi connectivity index (χ1n) is 10.9. The van der Waals surface area contributed by atoms with Crippen LogP contribution in [0.2, 0.25) is 0 Å². The van der Waals surface area contributed by atoms with Gasteiger partial charge < -0.3 is 20.1 Å². The molecule has 0 saturated carbocycles. The molecule has 1 aromatic heterocycles. The van der Waals surface area contributed by atoms with Crippen molar-refractivity contribution < 1.29 is 19.4 Å². The van der Waals surface area contributed by atoms with Gasteiger partial charge in [-0.3, -0.25) is 0 Å². The molecule has 0 bridgehead atoms. The van der Waals surface area contributed by atoms with Crippen LogP contribution in [0.4, 0.5) is 4.79 Å². The monoisotopic (exact) mass is 440 g/mol. The fraction of sp³-hybridized carbons (Fsp3) is 0.185. The summed E-state index contributed by atoms with van der Waals surface area (Å²) in [6, 6.07) is 22.8. The molecule has 33 heavy (non-hydrogen) atoms. The van der Waals surface area contributed by atoms with Crippen LogP contribution in [-0.2, 0) is 16.0 Å². The Balaban J connectivity index is 1.30. The minimum Gasteiger partial charge on any atom is -0.480 e. The molecule has 0 saturated heterocycles. The van der Waals surface area contributed by atoms with Gasteiger partial charge in [-0.1, -0.05) is 66.7 Å². The van der Waals surface area contributed by atoms with E-state index in [1.807, 2.05) is 67.6 Å². The average Bonchev–Trinajstić information content (AvgIpc) is 3.31. The summed E-state index contributed by atoms with van der Waals surface area (Å²) in [5.41, 5.74) is 7.19. The Morgan fingerprint density at radius 3 is 2.24 bits per heavy atom. The summed E-state index contributed by atoms with van der Waals surface area (Å²) in [6.07, 6.45) is -0.572. The normalized spacial score (nSPS) is 13.4. The highest BCUT2D eigenvalue weighted by Gasteiger charge is 2.30. The van der Waals surface area contributed by atoms with E-state index in [1.165, 1.54) is 0 Å². The molecule has 0 aliphatic heterocycles. The van der Waals surface area contributed by atoms with Gasteiger partial charge in [0.2, 0.25) is 0 Å². The van der Waals surface area contributed by atoms with Crippen molar-refractivity contribution in [2.75, 3.05) is 6.61 Å². The molecular weight excluding hydrogens is 416 g/mol. The third kappa shape index (κ3) is 3.84. The number of H-pyrrole nitrogens is 1. The summed E-state index contributed by atoms with van der Waals surface area (Å²) in [6.45, 7) is 2.04. The number of amides is 1. The van der Waals surface area contributed by atoms with Crippen molar-refractivity contribution in [3.63, 3.8) is 0 Å². The third-order valence-electron chi connectivity index (χ3n) is 6.37. The van der Waals surface area contributed by atoms with E-state index in [-0.39, 0.29) is 18.9 Å². The third-order valence-corrected chi connectivity index (χ3v) is 6.37. The molecule has 0 spiro atoms. The zero-order valence-corrected chi connectivity index (χ0v) is 18.2. The van der Waals surface area contributed by atoms with Gasteiger partial charge in [0.15, 0.2) is 0 Å². The van der Waals surface area contributed by atoms with Gasteiger partial charge in [0.05, 0.1) is 0 Å². The zero-order valence-electron chi connectivity index (χ0n) is 18.2. The maximum Gasteiger partial charge on any atom is 0.407 e. The summed E-state index contributed by atoms with van der Waals surface area (Å²) in [7, 11) is 0. The summed E-state index contributed by atoms with van der Waals surface area (Å²) < 4.78 is 5.54. The highest BCUT2D eigenvalue weighted by molar-refractivity contribution is 5.87. The predicted molar refractivity (Wildman–Crippen MR) is 126 cm³/mol. The van der Waals surface area contributed by atoms with Crippen LogP contribution in [0.5, 0.6) is 0 Å². The number of fused-ring (bicyclic) bond motifs is 4. The van der Waals surface area contributed by atoms with Crippen LogP contribution < -0.4 is 5.32 Å². The fourth-order valence-electron chi connectivity index (χ4n) is 4.78. The molecule has 6 heteroatoms. The molecule has 1 aliphatic rings. The molecule has 3 N–H and O–H groups in total. The van der Waals surface area contributed by atoms with Crippen molar-refractivity contribution in [2.24, 2.45) is 0 Å². The number of benzene rings is 3. The van der Waals surface area contributed by atoms with Gasteiger partial charge in [0, 0.05) is 28.9 Å². The molecule has 0 fully saturated rings. The Morgan fingerprint density at radius 2 is 1.58 bits per heavy atom. The number of carboxylic acid groups (broad SMARTS) is 1. The van der Waals surface area contributed by atoms with E-state index in [0.29, 0.717) is 0 Å². The van der Waals surface area contributed by atoms with Gasteiger partial charge in [0.25, 0.3) is 0 Å². The maximum absolute atomic E-state index is 12.6. The number of para-hydroxylation sites is 1. The molecule has 1 atom stereocenters. The molecule has 166 valence electrons. The lowest BCUT2D eigenvalue weighted by Gasteiger charge is -2.17. The quantitative estimate of drug-likeness (QED) is 0.393. The number of nitrogens with one attached hydrogen (secondary N) is 2. The number of aliphatic carboxylic acids is 1. The fourth-order valence-corrected chi connectivity index (χ4v) is 4.78. The number of aryl methyl sites for hydroxylation is 1. The molecule has 1 amide bonds. The van der Waals surface area contributed by atoms with Crippen LogP contribution in [0.1, 0.15) is 28.3 Å². The lowest BCUT2D eigenvalue weighted by molar-refractivity contribution is -0.139. The Labute approximate surface area is 191 Å². The van der Waals surface area contributed by atoms with Crippen LogP contribution in [0, 0.1) is 6.92 Å². The van der Waals surface area contributed by atoms with E-state index in [0.717, 1.165) is 44.4 Å². The second-order valence-electron chi connectivity index (χ2n) is 8.34. The highest BCUT2D eigenvalue weighted by Crippen LogP contribution is 2.44. The van der Waals surface area contributed by atoms with Gasteiger partial charge in [-0.15, -0.1) is 0 Å². The molecule has 1 aliphatic carbocycles. The molecule has 1 heterocycles. The van der Waals surface area contributed by atoms with Crippen LogP contribution in [0.3, 0.4) is 0 Å². The first kappa shape index (κ1) is 20.8. The van der Waals surface area contributed by atoms with Crippen molar-refractivity contribution in [1.82, 2.24) is 10.3 Å².